The number of esters is 1. The number of thiazole rings is 1. The zero-order valence-corrected chi connectivity index (χ0v) is 36.2. The van der Waals surface area contributed by atoms with Gasteiger partial charge in [0.25, 0.3) is 5.91 Å². The fourth-order valence-electron chi connectivity index (χ4n) is 9.69. The number of aliphatic carboxylic acids is 1. The number of piperidine rings is 1. The number of carboxylic acids is 1. The Morgan fingerprint density at radius 3 is 2.32 bits per heavy atom. The number of hydrogen-bond donors (Lipinski definition) is 3. The predicted octanol–water partition coefficient (Wildman–Crippen LogP) is 6.50. The highest BCUT2D eigenvalue weighted by atomic mass is 32.1. The van der Waals surface area contributed by atoms with Gasteiger partial charge in [-0.2, -0.15) is 0 Å². The first-order chi connectivity index (χ1) is 26.8. The fourth-order valence-corrected chi connectivity index (χ4v) is 10.5. The Kier molecular flexibility index (Phi) is 14.3. The molecule has 1 saturated heterocycles. The molecule has 0 spiro atoms. The Morgan fingerprint density at radius 1 is 1.05 bits per heavy atom. The van der Waals surface area contributed by atoms with Crippen molar-refractivity contribution < 1.29 is 33.8 Å². The summed E-state index contributed by atoms with van der Waals surface area (Å²) in [5.41, 5.74) is 0.918. The van der Waals surface area contributed by atoms with Crippen molar-refractivity contribution in [3.05, 3.63) is 52.0 Å². The molecule has 1 aromatic carbocycles. The van der Waals surface area contributed by atoms with Gasteiger partial charge in [-0.3, -0.25) is 28.9 Å². The lowest BCUT2D eigenvalue weighted by molar-refractivity contribution is -0.200. The number of nitrogens with one attached hydrogen (secondary N) is 2. The molecule has 2 aromatic rings. The molecule has 9 atom stereocenters. The van der Waals surface area contributed by atoms with Crippen LogP contribution in [0.25, 0.3) is 0 Å². The number of carboxylic acid groups (broad SMARTS) is 1. The molecule has 0 radical (unpaired) electrons. The number of nitrogens with zero attached hydrogens (tertiary/aromatic N) is 3. The summed E-state index contributed by atoms with van der Waals surface area (Å²) in [4.78, 5) is 75.3. The zero-order valence-electron chi connectivity index (χ0n) is 35.4. The molecule has 2 aliphatic carbocycles. The molecule has 12 nitrogen and oxygen atoms in total. The van der Waals surface area contributed by atoms with Gasteiger partial charge < -0.3 is 25.4 Å². The van der Waals surface area contributed by atoms with Crippen LogP contribution in [0.4, 0.5) is 0 Å². The quantitative estimate of drug-likeness (QED) is 0.152. The van der Waals surface area contributed by atoms with Gasteiger partial charge in [-0.25, -0.2) is 4.98 Å². The number of likely N-dealkylation sites (tertiary alicyclic amines) is 1. The fraction of sp³-hybridized carbons (Fsp3) is 0.682. The van der Waals surface area contributed by atoms with Crippen molar-refractivity contribution in [2.45, 2.75) is 137 Å². The Balaban J connectivity index is 1.36. The second kappa shape index (κ2) is 18.4. The van der Waals surface area contributed by atoms with Crippen molar-refractivity contribution in [3.63, 3.8) is 0 Å². The van der Waals surface area contributed by atoms with E-state index in [0.29, 0.717) is 23.3 Å². The molecule has 2 saturated carbocycles. The van der Waals surface area contributed by atoms with E-state index in [4.69, 9.17) is 4.74 Å². The van der Waals surface area contributed by atoms with Crippen LogP contribution >= 0.6 is 11.3 Å². The van der Waals surface area contributed by atoms with Crippen LogP contribution in [-0.4, -0.2) is 94.4 Å². The van der Waals surface area contributed by atoms with Crippen LogP contribution in [0.3, 0.4) is 0 Å². The summed E-state index contributed by atoms with van der Waals surface area (Å²) in [6.07, 6.45) is 5.71. The standard InChI is InChI=1S/C44H65N5O7S/c1-26(2)35(49(9)41(53)37(47-39(52)34-17-13-14-20-48(34)8)44-19-18-31(44)32(24-44)43(5,6)7)23-36(56-28(4)50)40-46-33(25-57-40)38(51)45-30(21-27(3)42(54)55)22-29-15-11-10-12-16-29/h10-12,15-16,25-27,30-32,34-37H,13-14,17-24H2,1-9H3,(H,45,51)(H,47,52)(H,54,55)/t27-,30+,31?,32?,34+,35+,36+,37+,44?/m0/s1. The lowest BCUT2D eigenvalue weighted by atomic mass is 9.36. The topological polar surface area (TPSA) is 158 Å². The smallest absolute Gasteiger partial charge is 0.306 e. The van der Waals surface area contributed by atoms with Crippen molar-refractivity contribution in [2.24, 2.45) is 34.5 Å². The van der Waals surface area contributed by atoms with E-state index in [9.17, 15) is 29.1 Å². The minimum absolute atomic E-state index is 0.0473. The summed E-state index contributed by atoms with van der Waals surface area (Å²) in [5, 5.41) is 18.0. The second-order valence-corrected chi connectivity index (χ2v) is 19.4. The number of carbonyl (C=O) groups is 5. The van der Waals surface area contributed by atoms with E-state index in [2.05, 4.69) is 41.3 Å². The van der Waals surface area contributed by atoms with Crippen LogP contribution in [-0.2, 0) is 30.3 Å². The highest BCUT2D eigenvalue weighted by molar-refractivity contribution is 7.09. The van der Waals surface area contributed by atoms with Crippen molar-refractivity contribution >= 4 is 41.0 Å². The summed E-state index contributed by atoms with van der Waals surface area (Å²) in [7, 11) is 3.77. The molecule has 3 fully saturated rings. The van der Waals surface area contributed by atoms with Crippen LogP contribution in [0.5, 0.6) is 0 Å². The molecule has 2 heterocycles. The first-order valence-corrected chi connectivity index (χ1v) is 21.7. The number of carbonyl (C=O) groups excluding carboxylic acids is 4. The Morgan fingerprint density at radius 2 is 1.75 bits per heavy atom. The monoisotopic (exact) mass is 807 g/mol. The number of benzene rings is 1. The number of likely N-dealkylation sites (N-methyl/N-ethyl adjacent to an activating group) is 2. The normalized spacial score (nSPS) is 24.7. The summed E-state index contributed by atoms with van der Waals surface area (Å²) in [6, 6.07) is 7.79. The first-order valence-electron chi connectivity index (χ1n) is 20.8. The molecule has 0 bridgehead atoms. The van der Waals surface area contributed by atoms with Gasteiger partial charge in [-0.1, -0.05) is 78.3 Å². The predicted molar refractivity (Wildman–Crippen MR) is 220 cm³/mol. The molecule has 13 heteroatoms. The number of fused-ring (bicyclic) bond motifs is 1. The lowest BCUT2D eigenvalue weighted by Crippen LogP contribution is -2.72. The van der Waals surface area contributed by atoms with Crippen LogP contribution in [0.15, 0.2) is 35.7 Å². The van der Waals surface area contributed by atoms with E-state index >= 15 is 0 Å². The van der Waals surface area contributed by atoms with Crippen LogP contribution < -0.4 is 10.6 Å². The second-order valence-electron chi connectivity index (χ2n) is 18.5. The summed E-state index contributed by atoms with van der Waals surface area (Å²) < 4.78 is 5.87. The summed E-state index contributed by atoms with van der Waals surface area (Å²) in [5.74, 6) is -2.00. The van der Waals surface area contributed by atoms with Gasteiger partial charge in [0.2, 0.25) is 11.8 Å². The third-order valence-corrected chi connectivity index (χ3v) is 14.1. The number of hydrogen-bond acceptors (Lipinski definition) is 9. The van der Waals surface area contributed by atoms with Crippen molar-refractivity contribution in [2.75, 3.05) is 20.6 Å². The maximum Gasteiger partial charge on any atom is 0.306 e. The summed E-state index contributed by atoms with van der Waals surface area (Å²) in [6.45, 7) is 14.6. The molecule has 57 heavy (non-hydrogen) atoms. The maximum absolute atomic E-state index is 14.9. The molecular weight excluding hydrogens is 743 g/mol. The number of aromatic nitrogens is 1. The SMILES string of the molecule is CC(=O)O[C@H](C[C@H](C(C)C)N(C)C(=O)[C@@H](NC(=O)[C@H]1CCCCN1C)C12CCC1C(C(C)(C)C)C2)c1nc(C(=O)N[C@@H](Cc2ccccc2)C[C@H](C)C(=O)O)cs1. The molecule has 314 valence electrons. The van der Waals surface area contributed by atoms with E-state index in [1.165, 1.54) is 18.3 Å². The van der Waals surface area contributed by atoms with Crippen molar-refractivity contribution in [1.82, 2.24) is 25.4 Å². The van der Waals surface area contributed by atoms with Gasteiger partial charge in [-0.15, -0.1) is 11.3 Å². The molecule has 5 rings (SSSR count). The summed E-state index contributed by atoms with van der Waals surface area (Å²) >= 11 is 1.20. The average molecular weight is 808 g/mol. The van der Waals surface area contributed by atoms with Gasteiger partial charge in [0, 0.05) is 43.3 Å². The molecule has 3 amide bonds. The van der Waals surface area contributed by atoms with Crippen LogP contribution in [0.2, 0.25) is 0 Å². The molecule has 1 aromatic heterocycles. The van der Waals surface area contributed by atoms with Gasteiger partial charge >= 0.3 is 11.9 Å². The minimum Gasteiger partial charge on any atom is -0.481 e. The van der Waals surface area contributed by atoms with Gasteiger partial charge in [0.05, 0.1) is 12.0 Å². The third kappa shape index (κ3) is 10.2. The van der Waals surface area contributed by atoms with Crippen LogP contribution in [0, 0.1) is 34.5 Å². The number of rotatable bonds is 17. The zero-order chi connectivity index (χ0) is 41.8. The minimum atomic E-state index is -0.940. The Bertz CT molecular complexity index is 1740. The maximum atomic E-state index is 14.9. The Hall–Kier alpha value is -3.84. The molecule has 1 aliphatic heterocycles. The average Bonchev–Trinajstić information content (AvgIpc) is 3.63. The van der Waals surface area contributed by atoms with E-state index in [1.807, 2.05) is 51.2 Å². The van der Waals surface area contributed by atoms with Crippen molar-refractivity contribution in [3.8, 4) is 0 Å². The molecule has 3 N–H and O–H groups in total. The van der Waals surface area contributed by atoms with E-state index < -0.39 is 42.0 Å². The van der Waals surface area contributed by atoms with E-state index in [-0.39, 0.29) is 59.2 Å². The van der Waals surface area contributed by atoms with E-state index in [0.717, 1.165) is 50.6 Å². The molecular formula is C44H65N5O7S. The number of ether oxygens (including phenoxy) is 1. The number of amides is 3. The van der Waals surface area contributed by atoms with Crippen LogP contribution in [0.1, 0.15) is 127 Å². The third-order valence-electron chi connectivity index (χ3n) is 13.2. The molecule has 3 aliphatic rings. The highest BCUT2D eigenvalue weighted by Crippen LogP contribution is 2.70. The molecule has 3 unspecified atom stereocenters. The largest absolute Gasteiger partial charge is 0.481 e. The first kappa shape index (κ1) is 44.3. The van der Waals surface area contributed by atoms with Gasteiger partial charge in [0.15, 0.2) is 6.10 Å². The highest BCUT2D eigenvalue weighted by Gasteiger charge is 2.67. The van der Waals surface area contributed by atoms with E-state index in [1.54, 1.807) is 24.3 Å². The Labute approximate surface area is 342 Å². The van der Waals surface area contributed by atoms with Crippen molar-refractivity contribution in [1.29, 1.82) is 0 Å². The van der Waals surface area contributed by atoms with Gasteiger partial charge in [0.1, 0.15) is 16.7 Å². The lowest BCUT2D eigenvalue weighted by Gasteiger charge is -2.69. The van der Waals surface area contributed by atoms with Gasteiger partial charge in [-0.05, 0) is 87.3 Å².